The number of ether oxygens (including phenoxy) is 3. The van der Waals surface area contributed by atoms with Crippen molar-refractivity contribution >= 4 is 64.2 Å². The van der Waals surface area contributed by atoms with Gasteiger partial charge >= 0.3 is 12.1 Å². The van der Waals surface area contributed by atoms with Crippen LogP contribution in [-0.4, -0.2) is 168 Å². The van der Waals surface area contributed by atoms with Crippen molar-refractivity contribution in [2.24, 2.45) is 35.1 Å². The van der Waals surface area contributed by atoms with Crippen LogP contribution in [0.3, 0.4) is 0 Å². The monoisotopic (exact) mass is 1220 g/mol. The van der Waals surface area contributed by atoms with Crippen LogP contribution in [0.15, 0.2) is 85.1 Å². The highest BCUT2D eigenvalue weighted by Gasteiger charge is 2.43. The lowest BCUT2D eigenvalue weighted by Gasteiger charge is -2.40. The number of amides is 9. The van der Waals surface area contributed by atoms with Crippen LogP contribution in [0.2, 0.25) is 0 Å². The Morgan fingerprint density at radius 3 is 2.08 bits per heavy atom. The SMILES string of the molecule is CC[C@H](C)[C@@H]([C@@H](CCC(=O)N1CCC[C@H]1[C@H](OC)[C@@H](C)C(=O)N[C@H](C)[C@@H](O)c1ccccc1)OC)N(C)C(=O)[C@@H](NC(=O)[C@H](C(C)C)N(C)C(=O)OCc1ccc(NC(=O)[C@H](CCCNC(N)=O)NC(=O)[C@H](N)Cc2c[nH]c3ccccc23)cc1)C(C)C. The summed E-state index contributed by atoms with van der Waals surface area (Å²) in [6.45, 7) is 15.2. The van der Waals surface area contributed by atoms with Crippen molar-refractivity contribution in [3.05, 3.63) is 102 Å². The molecule has 23 nitrogen and oxygen atoms in total. The lowest BCUT2D eigenvalue weighted by Crippen LogP contribution is -2.60. The first-order valence-electron chi connectivity index (χ1n) is 30.7. The van der Waals surface area contributed by atoms with Gasteiger partial charge in [-0.25, -0.2) is 9.59 Å². The number of carbonyl (C=O) groups excluding carboxylic acids is 8. The van der Waals surface area contributed by atoms with Crippen LogP contribution >= 0.6 is 0 Å². The number of nitrogens with one attached hydrogen (secondary N) is 6. The van der Waals surface area contributed by atoms with Crippen molar-refractivity contribution in [1.29, 1.82) is 0 Å². The van der Waals surface area contributed by atoms with Crippen LogP contribution in [0.4, 0.5) is 15.3 Å². The van der Waals surface area contributed by atoms with Gasteiger partial charge < -0.3 is 72.2 Å². The summed E-state index contributed by atoms with van der Waals surface area (Å²) in [4.78, 5) is 117. The van der Waals surface area contributed by atoms with Crippen LogP contribution in [0, 0.1) is 23.7 Å². The number of hydrogen-bond donors (Lipinski definition) is 9. The maximum Gasteiger partial charge on any atom is 0.410 e. The third kappa shape index (κ3) is 19.4. The van der Waals surface area contributed by atoms with E-state index < -0.39 is 96.2 Å². The summed E-state index contributed by atoms with van der Waals surface area (Å²) in [6, 6.07) is 17.1. The lowest BCUT2D eigenvalue weighted by molar-refractivity contribution is -0.144. The van der Waals surface area contributed by atoms with E-state index in [1.807, 2.05) is 70.2 Å². The van der Waals surface area contributed by atoms with Gasteiger partial charge in [-0.3, -0.25) is 33.7 Å². The number of aliphatic hydroxyl groups excluding tert-OH is 1. The fourth-order valence-corrected chi connectivity index (χ4v) is 11.8. The summed E-state index contributed by atoms with van der Waals surface area (Å²) < 4.78 is 17.8. The Morgan fingerprint density at radius 1 is 0.784 bits per heavy atom. The molecule has 0 spiro atoms. The Labute approximate surface area is 518 Å². The van der Waals surface area contributed by atoms with Crippen LogP contribution in [0.1, 0.15) is 123 Å². The quantitative estimate of drug-likeness (QED) is 0.0252. The summed E-state index contributed by atoms with van der Waals surface area (Å²) in [5.41, 5.74) is 15.0. The molecule has 1 fully saturated rings. The van der Waals surface area contributed by atoms with Gasteiger partial charge in [-0.05, 0) is 98.1 Å². The number of nitrogens with zero attached hydrogens (tertiary/aromatic N) is 3. The van der Waals surface area contributed by atoms with Crippen molar-refractivity contribution in [2.45, 2.75) is 174 Å². The zero-order valence-corrected chi connectivity index (χ0v) is 53.4. The molecule has 1 aliphatic rings. The van der Waals surface area contributed by atoms with Gasteiger partial charge in [-0.2, -0.15) is 0 Å². The number of urea groups is 1. The first kappa shape index (κ1) is 71.2. The van der Waals surface area contributed by atoms with Crippen LogP contribution < -0.4 is 38.1 Å². The molecule has 12 atom stereocenters. The summed E-state index contributed by atoms with van der Waals surface area (Å²) in [6.07, 6.45) is 2.02. The molecule has 0 aliphatic carbocycles. The van der Waals surface area contributed by atoms with E-state index in [0.717, 1.165) is 22.9 Å². The molecule has 1 aromatic heterocycles. The van der Waals surface area contributed by atoms with E-state index in [9.17, 15) is 43.5 Å². The molecule has 23 heteroatoms. The Bertz CT molecular complexity index is 2930. The fraction of sp³-hybridized carbons (Fsp3) is 0.569. The standard InChI is InChI=1S/C65H97N11O12/c1-13-40(6)56(52(86-11)31-32-53(77)76-34-20-26-51(76)58(87-12)41(7)59(79)70-42(8)57(78)44-21-15-14-16-22-44)74(9)63(83)54(38(2)3)73-62(82)55(39(4)5)75(10)65(85)88-37-43-27-29-46(30-28-43)71-61(81)50(25-19-33-68-64(67)84)72-60(80)48(66)35-45-36-69-49-24-18-17-23-47(45)49/h14-18,21-24,27-30,36,38-42,48,50-52,54-58,69,78H,13,19-20,25-26,31-35,37,66H2,1-12H3,(H,70,79)(H,71,81)(H,72,80)(H,73,82)(H3,67,68,84)/t40-,41+,42+,48+,50-,51-,52+,54-,55-,56-,57+,58+/m0/s1. The molecule has 0 radical (unpaired) electrons. The second kappa shape index (κ2) is 34.2. The fourth-order valence-electron chi connectivity index (χ4n) is 11.8. The Kier molecular flexibility index (Phi) is 27.7. The van der Waals surface area contributed by atoms with Crippen molar-refractivity contribution in [3.8, 4) is 0 Å². The van der Waals surface area contributed by atoms with E-state index in [1.54, 1.807) is 94.2 Å². The molecule has 2 heterocycles. The molecule has 3 aromatic carbocycles. The molecule has 1 aliphatic heterocycles. The van der Waals surface area contributed by atoms with Gasteiger partial charge in [0, 0.05) is 70.6 Å². The highest BCUT2D eigenvalue weighted by Crippen LogP contribution is 2.30. The minimum atomic E-state index is -1.05. The van der Waals surface area contributed by atoms with Gasteiger partial charge in [-0.15, -0.1) is 0 Å². The average molecular weight is 1220 g/mol. The third-order valence-corrected chi connectivity index (χ3v) is 17.0. The third-order valence-electron chi connectivity index (χ3n) is 17.0. The highest BCUT2D eigenvalue weighted by molar-refractivity contribution is 5.98. The maximum absolute atomic E-state index is 14.7. The molecular formula is C65H97N11O12. The number of aromatic amines is 1. The molecule has 88 heavy (non-hydrogen) atoms. The first-order chi connectivity index (χ1) is 41.8. The second-order valence-corrected chi connectivity index (χ2v) is 24.0. The van der Waals surface area contributed by atoms with Gasteiger partial charge in [-0.1, -0.05) is 116 Å². The van der Waals surface area contributed by atoms with E-state index in [4.69, 9.17) is 25.7 Å². The number of likely N-dealkylation sites (tertiary alicyclic amines) is 1. The van der Waals surface area contributed by atoms with Gasteiger partial charge in [0.2, 0.25) is 35.4 Å². The number of fused-ring (bicyclic) bond motifs is 1. The van der Waals surface area contributed by atoms with E-state index in [2.05, 4.69) is 31.6 Å². The number of primary amides is 1. The number of carbonyl (C=O) groups is 8. The molecule has 5 rings (SSSR count). The normalized spacial score (nSPS) is 17.0. The topological polar surface area (TPSA) is 322 Å². The van der Waals surface area contributed by atoms with Gasteiger partial charge in [0.15, 0.2) is 0 Å². The molecule has 0 bridgehead atoms. The van der Waals surface area contributed by atoms with Crippen LogP contribution in [0.5, 0.6) is 0 Å². The Morgan fingerprint density at radius 2 is 1.45 bits per heavy atom. The number of nitrogens with two attached hydrogens (primary N) is 2. The number of aliphatic hydroxyl groups is 1. The van der Waals surface area contributed by atoms with Gasteiger partial charge in [0.1, 0.15) is 24.7 Å². The van der Waals surface area contributed by atoms with Gasteiger partial charge in [0.05, 0.1) is 48.4 Å². The van der Waals surface area contributed by atoms with Crippen molar-refractivity contribution < 1.29 is 57.7 Å². The number of likely N-dealkylation sites (N-methyl/N-ethyl adjacent to an activating group) is 2. The molecule has 9 amide bonds. The number of benzene rings is 3. The second-order valence-electron chi connectivity index (χ2n) is 24.0. The summed E-state index contributed by atoms with van der Waals surface area (Å²) in [5.74, 6) is -3.93. The van der Waals surface area contributed by atoms with E-state index in [1.165, 1.54) is 19.1 Å². The number of anilines is 1. The number of aromatic nitrogens is 1. The zero-order chi connectivity index (χ0) is 64.9. The predicted molar refractivity (Wildman–Crippen MR) is 337 cm³/mol. The molecule has 4 aromatic rings. The Balaban J connectivity index is 1.17. The summed E-state index contributed by atoms with van der Waals surface area (Å²) in [7, 11) is 6.23. The number of H-pyrrole nitrogens is 1. The van der Waals surface area contributed by atoms with E-state index >= 15 is 0 Å². The minimum Gasteiger partial charge on any atom is -0.445 e. The smallest absolute Gasteiger partial charge is 0.410 e. The summed E-state index contributed by atoms with van der Waals surface area (Å²) in [5, 5.41) is 25.9. The average Bonchev–Trinajstić information content (AvgIpc) is 4.05. The number of rotatable bonds is 33. The largest absolute Gasteiger partial charge is 0.445 e. The maximum atomic E-state index is 14.7. The number of methoxy groups -OCH3 is 2. The van der Waals surface area contributed by atoms with Crippen molar-refractivity contribution in [3.63, 3.8) is 0 Å². The molecule has 0 unspecified atom stereocenters. The molecule has 0 saturated carbocycles. The Hall–Kier alpha value is -7.60. The van der Waals surface area contributed by atoms with Gasteiger partial charge in [0.25, 0.3) is 0 Å². The summed E-state index contributed by atoms with van der Waals surface area (Å²) >= 11 is 0. The first-order valence-corrected chi connectivity index (χ1v) is 30.7. The molecule has 1 saturated heterocycles. The molecular weight excluding hydrogens is 1130 g/mol. The van der Waals surface area contributed by atoms with E-state index in [0.29, 0.717) is 42.6 Å². The van der Waals surface area contributed by atoms with Crippen LogP contribution in [-0.2, 0) is 56.0 Å². The number of para-hydroxylation sites is 1. The number of hydrogen-bond acceptors (Lipinski definition) is 13. The molecule has 11 N–H and O–H groups in total. The van der Waals surface area contributed by atoms with Crippen molar-refractivity contribution in [1.82, 2.24) is 41.0 Å². The highest BCUT2D eigenvalue weighted by atomic mass is 16.6. The predicted octanol–water partition coefficient (Wildman–Crippen LogP) is 5.89. The lowest BCUT2D eigenvalue weighted by atomic mass is 9.89. The molecule has 484 valence electrons. The van der Waals surface area contributed by atoms with E-state index in [-0.39, 0.29) is 74.4 Å². The zero-order valence-electron chi connectivity index (χ0n) is 53.4. The minimum absolute atomic E-state index is 0.0924. The van der Waals surface area contributed by atoms with Crippen molar-refractivity contribution in [2.75, 3.05) is 46.7 Å². The van der Waals surface area contributed by atoms with Crippen LogP contribution in [0.25, 0.3) is 10.9 Å².